The highest BCUT2D eigenvalue weighted by Gasteiger charge is 2.40. The van der Waals surface area contributed by atoms with Crippen LogP contribution in [-0.4, -0.2) is 30.8 Å². The maximum absolute atomic E-state index is 13.2. The van der Waals surface area contributed by atoms with Gasteiger partial charge in [-0.25, -0.2) is 9.78 Å². The van der Waals surface area contributed by atoms with E-state index in [0.29, 0.717) is 17.9 Å². The minimum Gasteiger partial charge on any atom is -0.479 e. The molecule has 3 N–H and O–H groups in total. The molecule has 0 fully saturated rings. The van der Waals surface area contributed by atoms with Crippen LogP contribution in [-0.2, 0) is 30.0 Å². The van der Waals surface area contributed by atoms with Crippen LogP contribution in [0.1, 0.15) is 48.1 Å². The second-order valence-corrected chi connectivity index (χ2v) is 7.78. The molecule has 3 aromatic rings. The van der Waals surface area contributed by atoms with E-state index >= 15 is 0 Å². The molecular weight excluding hydrogens is 384 g/mol. The minimum absolute atomic E-state index is 0.0760. The number of pyridine rings is 2. The second kappa shape index (κ2) is 7.04. The van der Waals surface area contributed by atoms with Crippen LogP contribution in [0.5, 0.6) is 0 Å². The van der Waals surface area contributed by atoms with Gasteiger partial charge in [0.25, 0.3) is 5.56 Å². The quantitative estimate of drug-likeness (QED) is 0.468. The molecule has 1 atom stereocenters. The molecule has 2 aromatic heterocycles. The molecule has 0 saturated carbocycles. The van der Waals surface area contributed by atoms with Gasteiger partial charge >= 0.3 is 5.97 Å². The number of aliphatic carboxylic acids is 1. The van der Waals surface area contributed by atoms with Crippen molar-refractivity contribution in [2.24, 2.45) is 0 Å². The van der Waals surface area contributed by atoms with E-state index in [1.54, 1.807) is 0 Å². The lowest BCUT2D eigenvalue weighted by Crippen LogP contribution is -2.39. The van der Waals surface area contributed by atoms with E-state index in [-0.39, 0.29) is 17.5 Å². The number of aromatic nitrogens is 2. The second-order valence-electron chi connectivity index (χ2n) is 7.78. The highest BCUT2D eigenvalue weighted by molar-refractivity contribution is 5.89. The molecule has 0 unspecified atom stereocenters. The Morgan fingerprint density at radius 3 is 2.57 bits per heavy atom. The van der Waals surface area contributed by atoms with Crippen molar-refractivity contribution < 1.29 is 20.1 Å². The molecule has 0 saturated heterocycles. The van der Waals surface area contributed by atoms with Crippen LogP contribution < -0.4 is 5.56 Å². The largest absolute Gasteiger partial charge is 0.479 e. The Bertz CT molecular complexity index is 1260. The zero-order valence-electron chi connectivity index (χ0n) is 17.2. The molecule has 1 aliphatic rings. The first kappa shape index (κ1) is 20.3. The summed E-state index contributed by atoms with van der Waals surface area (Å²) < 4.78 is 1.51. The molecule has 0 radical (unpaired) electrons. The smallest absolute Gasteiger partial charge is 0.340 e. The fourth-order valence-electron chi connectivity index (χ4n) is 4.45. The summed E-state index contributed by atoms with van der Waals surface area (Å²) in [6, 6.07) is 7.50. The molecule has 156 valence electrons. The molecule has 30 heavy (non-hydrogen) atoms. The molecule has 0 aliphatic carbocycles. The SMILES string of the molecule is CCc1c2c(nc3ccc(C)cc13)-c1cc([C@@](O)(CC)C(=O)O)c(CO)c(=O)n1C2. The Kier molecular flexibility index (Phi) is 4.75. The van der Waals surface area contributed by atoms with Crippen molar-refractivity contribution in [3.05, 3.63) is 62.4 Å². The van der Waals surface area contributed by atoms with Crippen molar-refractivity contribution in [3.8, 4) is 11.4 Å². The van der Waals surface area contributed by atoms with E-state index in [9.17, 15) is 24.9 Å². The third-order valence-electron chi connectivity index (χ3n) is 6.14. The number of benzene rings is 1. The van der Waals surface area contributed by atoms with Gasteiger partial charge in [-0.1, -0.05) is 25.5 Å². The Hall–Kier alpha value is -3.03. The van der Waals surface area contributed by atoms with E-state index in [2.05, 4.69) is 6.07 Å². The Balaban J connectivity index is 2.08. The van der Waals surface area contributed by atoms with Gasteiger partial charge in [-0.15, -0.1) is 0 Å². The number of hydrogen-bond acceptors (Lipinski definition) is 5. The average Bonchev–Trinajstić information content (AvgIpc) is 3.09. The van der Waals surface area contributed by atoms with Gasteiger partial charge in [0.05, 0.1) is 30.1 Å². The Labute approximate surface area is 173 Å². The molecule has 0 spiro atoms. The normalized spacial score (nSPS) is 14.4. The molecule has 0 amide bonds. The van der Waals surface area contributed by atoms with Gasteiger partial charge in [0.1, 0.15) is 0 Å². The summed E-state index contributed by atoms with van der Waals surface area (Å²) in [6.07, 6.45) is 0.608. The summed E-state index contributed by atoms with van der Waals surface area (Å²) in [4.78, 5) is 29.8. The van der Waals surface area contributed by atoms with E-state index in [4.69, 9.17) is 4.98 Å². The van der Waals surface area contributed by atoms with Crippen molar-refractivity contribution in [2.45, 2.75) is 52.4 Å². The van der Waals surface area contributed by atoms with Crippen LogP contribution in [0.25, 0.3) is 22.3 Å². The van der Waals surface area contributed by atoms with E-state index < -0.39 is 23.7 Å². The molecule has 3 heterocycles. The van der Waals surface area contributed by atoms with Gasteiger partial charge in [-0.2, -0.15) is 0 Å². The van der Waals surface area contributed by atoms with Gasteiger partial charge in [0, 0.05) is 22.1 Å². The van der Waals surface area contributed by atoms with Gasteiger partial charge in [-0.3, -0.25) is 4.79 Å². The van der Waals surface area contributed by atoms with Crippen molar-refractivity contribution in [3.63, 3.8) is 0 Å². The number of carbonyl (C=O) groups is 1. The highest BCUT2D eigenvalue weighted by atomic mass is 16.4. The molecule has 4 rings (SSSR count). The number of carboxylic acid groups (broad SMARTS) is 1. The Morgan fingerprint density at radius 2 is 1.97 bits per heavy atom. The molecular formula is C23H24N2O5. The fourth-order valence-corrected chi connectivity index (χ4v) is 4.45. The minimum atomic E-state index is -2.27. The number of rotatable bonds is 5. The van der Waals surface area contributed by atoms with E-state index in [1.807, 2.05) is 26.0 Å². The van der Waals surface area contributed by atoms with Crippen LogP contribution >= 0.6 is 0 Å². The van der Waals surface area contributed by atoms with Crippen LogP contribution in [0, 0.1) is 6.92 Å². The zero-order chi connectivity index (χ0) is 21.8. The zero-order valence-corrected chi connectivity index (χ0v) is 17.2. The van der Waals surface area contributed by atoms with Crippen LogP contribution in [0.15, 0.2) is 29.1 Å². The van der Waals surface area contributed by atoms with E-state index in [0.717, 1.165) is 34.0 Å². The molecule has 1 aliphatic heterocycles. The van der Waals surface area contributed by atoms with Crippen LogP contribution in [0.2, 0.25) is 0 Å². The Morgan fingerprint density at radius 1 is 1.23 bits per heavy atom. The monoisotopic (exact) mass is 408 g/mol. The maximum Gasteiger partial charge on any atom is 0.340 e. The number of nitrogens with zero attached hydrogens (tertiary/aromatic N) is 2. The number of aliphatic hydroxyl groups is 2. The maximum atomic E-state index is 13.2. The lowest BCUT2D eigenvalue weighted by atomic mass is 9.87. The van der Waals surface area contributed by atoms with Gasteiger partial charge in [0.15, 0.2) is 5.60 Å². The predicted molar refractivity (Wildman–Crippen MR) is 112 cm³/mol. The number of carboxylic acids is 1. The fraction of sp³-hybridized carbons (Fsp3) is 0.348. The first-order valence-electron chi connectivity index (χ1n) is 10.0. The number of hydrogen-bond donors (Lipinski definition) is 3. The molecule has 7 nitrogen and oxygen atoms in total. The first-order chi connectivity index (χ1) is 14.3. The number of fused-ring (bicyclic) bond motifs is 4. The summed E-state index contributed by atoms with van der Waals surface area (Å²) in [5.74, 6) is -1.46. The lowest BCUT2D eigenvalue weighted by Gasteiger charge is -2.25. The van der Waals surface area contributed by atoms with Crippen molar-refractivity contribution in [1.29, 1.82) is 0 Å². The predicted octanol–water partition coefficient (Wildman–Crippen LogP) is 2.47. The summed E-state index contributed by atoms with van der Waals surface area (Å²) in [5.41, 5.74) is 2.07. The average molecular weight is 408 g/mol. The number of aliphatic hydroxyl groups excluding tert-OH is 1. The summed E-state index contributed by atoms with van der Waals surface area (Å²) in [6.45, 7) is 5.23. The van der Waals surface area contributed by atoms with Gasteiger partial charge in [0.2, 0.25) is 0 Å². The van der Waals surface area contributed by atoms with E-state index in [1.165, 1.54) is 17.6 Å². The van der Waals surface area contributed by atoms with Crippen LogP contribution in [0.3, 0.4) is 0 Å². The topological polar surface area (TPSA) is 113 Å². The third-order valence-corrected chi connectivity index (χ3v) is 6.14. The lowest BCUT2D eigenvalue weighted by molar-refractivity contribution is -0.160. The van der Waals surface area contributed by atoms with Gasteiger partial charge < -0.3 is 19.9 Å². The first-order valence-corrected chi connectivity index (χ1v) is 10.0. The summed E-state index contributed by atoms with van der Waals surface area (Å²) >= 11 is 0. The van der Waals surface area contributed by atoms with Crippen LogP contribution in [0.4, 0.5) is 0 Å². The summed E-state index contributed by atoms with van der Waals surface area (Å²) in [5, 5.41) is 31.3. The third kappa shape index (κ3) is 2.69. The van der Waals surface area contributed by atoms with Gasteiger partial charge in [-0.05, 0) is 43.5 Å². The highest BCUT2D eigenvalue weighted by Crippen LogP contribution is 2.38. The van der Waals surface area contributed by atoms with Crippen molar-refractivity contribution in [2.75, 3.05) is 0 Å². The molecule has 7 heteroatoms. The molecule has 0 bridgehead atoms. The summed E-state index contributed by atoms with van der Waals surface area (Å²) in [7, 11) is 0. The standard InChI is InChI=1S/C23H24N2O5/c1-4-13-14-8-12(3)6-7-18(14)24-20-15(13)10-25-19(20)9-17(16(11-26)21(25)27)23(30,5-2)22(28)29/h6-9,26,30H,4-5,10-11H2,1-3H3,(H,28,29)/t23-/m0/s1. The number of aryl methyl sites for hydroxylation is 2. The van der Waals surface area contributed by atoms with Crippen molar-refractivity contribution in [1.82, 2.24) is 9.55 Å². The molecule has 1 aromatic carbocycles. The van der Waals surface area contributed by atoms with Crippen molar-refractivity contribution >= 4 is 16.9 Å².